The van der Waals surface area contributed by atoms with Crippen LogP contribution in [0.2, 0.25) is 0 Å². The van der Waals surface area contributed by atoms with Crippen LogP contribution in [0.5, 0.6) is 0 Å². The van der Waals surface area contributed by atoms with Gasteiger partial charge in [0.2, 0.25) is 10.0 Å². The number of benzene rings is 1. The third kappa shape index (κ3) is 3.18. The minimum atomic E-state index is -3.63. The highest BCUT2D eigenvalue weighted by molar-refractivity contribution is 7.89. The van der Waals surface area contributed by atoms with Crippen LogP contribution in [-0.2, 0) is 10.0 Å². The zero-order chi connectivity index (χ0) is 14.8. The van der Waals surface area contributed by atoms with Gasteiger partial charge in [-0.2, -0.15) is 0 Å². The molecule has 1 aromatic heterocycles. The van der Waals surface area contributed by atoms with E-state index in [1.165, 1.54) is 6.07 Å². The number of nitrogen functional groups attached to an aromatic ring is 1. The molecule has 0 bridgehead atoms. The molecule has 20 heavy (non-hydrogen) atoms. The fourth-order valence-electron chi connectivity index (χ4n) is 1.86. The van der Waals surface area contributed by atoms with Gasteiger partial charge < -0.3 is 5.43 Å². The number of hydrogen-bond acceptors (Lipinski definition) is 5. The number of nitrogens with two attached hydrogens (primary N) is 1. The third-order valence-corrected chi connectivity index (χ3v) is 5.63. The summed E-state index contributed by atoms with van der Waals surface area (Å²) >= 11 is 1.57. The summed E-state index contributed by atoms with van der Waals surface area (Å²) in [6.07, 6.45) is 0. The summed E-state index contributed by atoms with van der Waals surface area (Å²) in [6.45, 7) is 3.81. The molecular weight excluding hydrogens is 294 g/mol. The molecule has 0 saturated heterocycles. The van der Waals surface area contributed by atoms with E-state index in [4.69, 9.17) is 5.84 Å². The van der Waals surface area contributed by atoms with E-state index in [1.54, 1.807) is 29.5 Å². The Kier molecular flexibility index (Phi) is 4.44. The molecule has 1 unspecified atom stereocenters. The van der Waals surface area contributed by atoms with Crippen molar-refractivity contribution < 1.29 is 8.42 Å². The lowest BCUT2D eigenvalue weighted by Crippen LogP contribution is -2.27. The van der Waals surface area contributed by atoms with Crippen molar-refractivity contribution in [3.05, 3.63) is 46.2 Å². The fourth-order valence-corrected chi connectivity index (χ4v) is 4.21. The first-order valence-electron chi connectivity index (χ1n) is 6.08. The lowest BCUT2D eigenvalue weighted by Gasteiger charge is -2.15. The first-order valence-corrected chi connectivity index (χ1v) is 8.38. The van der Waals surface area contributed by atoms with Crippen molar-refractivity contribution in [3.63, 3.8) is 0 Å². The van der Waals surface area contributed by atoms with Crippen LogP contribution in [0, 0.1) is 6.92 Å². The molecule has 0 fully saturated rings. The standard InChI is InChI=1S/C13H17N3O2S2/c1-9-7-8-12(19-9)10(2)16-20(17,18)13-6-4-3-5-11(13)15-14/h3-8,10,15-16H,14H2,1-2H3. The summed E-state index contributed by atoms with van der Waals surface area (Å²) in [7, 11) is -3.63. The summed E-state index contributed by atoms with van der Waals surface area (Å²) in [5, 5.41) is 0. The molecule has 4 N–H and O–H groups in total. The molecule has 0 radical (unpaired) electrons. The van der Waals surface area contributed by atoms with Gasteiger partial charge in [0.25, 0.3) is 0 Å². The Morgan fingerprint density at radius 1 is 1.20 bits per heavy atom. The van der Waals surface area contributed by atoms with E-state index in [1.807, 2.05) is 26.0 Å². The molecule has 0 aliphatic heterocycles. The van der Waals surface area contributed by atoms with Crippen LogP contribution >= 0.6 is 11.3 Å². The van der Waals surface area contributed by atoms with Crippen LogP contribution in [-0.4, -0.2) is 8.42 Å². The van der Waals surface area contributed by atoms with Crippen LogP contribution in [0.3, 0.4) is 0 Å². The third-order valence-electron chi connectivity index (χ3n) is 2.85. The van der Waals surface area contributed by atoms with E-state index in [0.29, 0.717) is 5.69 Å². The molecule has 0 spiro atoms. The molecule has 2 aromatic rings. The highest BCUT2D eigenvalue weighted by Crippen LogP contribution is 2.26. The second-order valence-corrected chi connectivity index (χ2v) is 7.43. The van der Waals surface area contributed by atoms with E-state index < -0.39 is 10.0 Å². The van der Waals surface area contributed by atoms with E-state index >= 15 is 0 Å². The number of hydrogen-bond donors (Lipinski definition) is 3. The number of anilines is 1. The highest BCUT2D eigenvalue weighted by atomic mass is 32.2. The lowest BCUT2D eigenvalue weighted by atomic mass is 10.3. The van der Waals surface area contributed by atoms with E-state index in [0.717, 1.165) is 9.75 Å². The molecule has 1 heterocycles. The van der Waals surface area contributed by atoms with Crippen molar-refractivity contribution >= 4 is 27.0 Å². The van der Waals surface area contributed by atoms with Crippen LogP contribution < -0.4 is 16.0 Å². The molecule has 108 valence electrons. The quantitative estimate of drug-likeness (QED) is 0.585. The Morgan fingerprint density at radius 3 is 2.50 bits per heavy atom. The van der Waals surface area contributed by atoms with Gasteiger partial charge in [0, 0.05) is 9.75 Å². The first kappa shape index (κ1) is 15.0. The maximum absolute atomic E-state index is 12.4. The Balaban J connectivity index is 2.27. The van der Waals surface area contributed by atoms with Crippen LogP contribution in [0.25, 0.3) is 0 Å². The van der Waals surface area contributed by atoms with E-state index in [-0.39, 0.29) is 10.9 Å². The molecule has 0 amide bonds. The second kappa shape index (κ2) is 5.92. The summed E-state index contributed by atoms with van der Waals surface area (Å²) in [6, 6.07) is 10.1. The molecule has 1 atom stereocenters. The van der Waals surface area contributed by atoms with E-state index in [9.17, 15) is 8.42 Å². The van der Waals surface area contributed by atoms with Gasteiger partial charge in [-0.05, 0) is 38.1 Å². The predicted molar refractivity (Wildman–Crippen MR) is 82.0 cm³/mol. The van der Waals surface area contributed by atoms with Gasteiger partial charge in [0.1, 0.15) is 4.90 Å². The molecule has 1 aromatic carbocycles. The predicted octanol–water partition coefficient (Wildman–Crippen LogP) is 2.38. The average molecular weight is 311 g/mol. The minimum absolute atomic E-state index is 0.141. The van der Waals surface area contributed by atoms with Gasteiger partial charge in [0.15, 0.2) is 0 Å². The molecule has 0 aliphatic rings. The Hall–Kier alpha value is -1.41. The number of para-hydroxylation sites is 1. The zero-order valence-corrected chi connectivity index (χ0v) is 12.9. The van der Waals surface area contributed by atoms with Crippen molar-refractivity contribution in [1.82, 2.24) is 4.72 Å². The van der Waals surface area contributed by atoms with Crippen molar-refractivity contribution in [2.24, 2.45) is 5.84 Å². The molecule has 5 nitrogen and oxygen atoms in total. The maximum Gasteiger partial charge on any atom is 0.243 e. The van der Waals surface area contributed by atoms with Crippen molar-refractivity contribution in [1.29, 1.82) is 0 Å². The monoisotopic (exact) mass is 311 g/mol. The summed E-state index contributed by atoms with van der Waals surface area (Å²) < 4.78 is 27.5. The number of nitrogens with one attached hydrogen (secondary N) is 2. The van der Waals surface area contributed by atoms with Crippen LogP contribution in [0.1, 0.15) is 22.7 Å². The molecule has 0 aliphatic carbocycles. The molecule has 2 rings (SSSR count). The van der Waals surface area contributed by atoms with Gasteiger partial charge >= 0.3 is 0 Å². The molecular formula is C13H17N3O2S2. The summed E-state index contributed by atoms with van der Waals surface area (Å²) in [5.41, 5.74) is 2.77. The fraction of sp³-hybridized carbons (Fsp3) is 0.231. The number of thiophene rings is 1. The van der Waals surface area contributed by atoms with E-state index in [2.05, 4.69) is 10.1 Å². The Morgan fingerprint density at radius 2 is 1.90 bits per heavy atom. The maximum atomic E-state index is 12.4. The average Bonchev–Trinajstić information content (AvgIpc) is 2.85. The zero-order valence-electron chi connectivity index (χ0n) is 11.3. The number of hydrazine groups is 1. The second-order valence-electron chi connectivity index (χ2n) is 4.43. The molecule has 7 heteroatoms. The SMILES string of the molecule is Cc1ccc(C(C)NS(=O)(=O)c2ccccc2NN)s1. The van der Waals surface area contributed by atoms with Crippen molar-refractivity contribution in [3.8, 4) is 0 Å². The Labute approximate surface area is 122 Å². The van der Waals surface area contributed by atoms with Crippen molar-refractivity contribution in [2.75, 3.05) is 5.43 Å². The van der Waals surface area contributed by atoms with Gasteiger partial charge in [-0.15, -0.1) is 11.3 Å². The Bertz CT molecular complexity index is 695. The summed E-state index contributed by atoms with van der Waals surface area (Å²) in [5.74, 6) is 5.35. The van der Waals surface area contributed by atoms with Gasteiger partial charge in [0.05, 0.1) is 11.7 Å². The van der Waals surface area contributed by atoms with Gasteiger partial charge in [-0.3, -0.25) is 5.84 Å². The normalized spacial score (nSPS) is 13.2. The largest absolute Gasteiger partial charge is 0.323 e. The lowest BCUT2D eigenvalue weighted by molar-refractivity contribution is 0.569. The highest BCUT2D eigenvalue weighted by Gasteiger charge is 2.21. The topological polar surface area (TPSA) is 84.2 Å². The van der Waals surface area contributed by atoms with Crippen LogP contribution in [0.15, 0.2) is 41.3 Å². The number of aryl methyl sites for hydroxylation is 1. The number of sulfonamides is 1. The number of rotatable bonds is 5. The summed E-state index contributed by atoms with van der Waals surface area (Å²) in [4.78, 5) is 2.27. The first-order chi connectivity index (χ1) is 9.44. The van der Waals surface area contributed by atoms with Crippen LogP contribution in [0.4, 0.5) is 5.69 Å². The molecule has 0 saturated carbocycles. The van der Waals surface area contributed by atoms with Gasteiger partial charge in [-0.25, -0.2) is 13.1 Å². The smallest absolute Gasteiger partial charge is 0.243 e. The van der Waals surface area contributed by atoms with Crippen molar-refractivity contribution in [2.45, 2.75) is 24.8 Å². The van der Waals surface area contributed by atoms with Gasteiger partial charge in [-0.1, -0.05) is 12.1 Å². The minimum Gasteiger partial charge on any atom is -0.323 e.